The molecule has 0 saturated heterocycles. The highest BCUT2D eigenvalue weighted by molar-refractivity contribution is 6.11. The number of ketones is 1. The fraction of sp³-hybridized carbons (Fsp3) is 0.111. The average Bonchev–Trinajstić information content (AvgIpc) is 3.16. The van der Waals surface area contributed by atoms with Gasteiger partial charge in [0.15, 0.2) is 11.2 Å². The molecule has 0 radical (unpaired) electrons. The van der Waals surface area contributed by atoms with Crippen molar-refractivity contribution in [3.63, 3.8) is 0 Å². The summed E-state index contributed by atoms with van der Waals surface area (Å²) in [5.74, 6) is -1.97. The molecule has 0 saturated carbocycles. The first-order valence-electron chi connectivity index (χ1n) is 10.7. The molecule has 1 atom stereocenters. The lowest BCUT2D eigenvalue weighted by Crippen LogP contribution is -2.29. The Morgan fingerprint density at radius 1 is 0.943 bits per heavy atom. The SMILES string of the molecule is COC(=O)c1ccc(C2c3c(oc4ccc(F)cc4c3=O)C(=O)N2c2ccc(C(C)=O)cc2)cc1. The zero-order chi connectivity index (χ0) is 24.9. The van der Waals surface area contributed by atoms with Crippen molar-refractivity contribution >= 4 is 34.3 Å². The fourth-order valence-electron chi connectivity index (χ4n) is 4.30. The first-order valence-corrected chi connectivity index (χ1v) is 10.7. The highest BCUT2D eigenvalue weighted by Gasteiger charge is 2.43. The summed E-state index contributed by atoms with van der Waals surface area (Å²) in [6, 6.07) is 15.3. The van der Waals surface area contributed by atoms with E-state index in [1.807, 2.05) is 0 Å². The van der Waals surface area contributed by atoms with Gasteiger partial charge >= 0.3 is 5.97 Å². The Bertz CT molecular complexity index is 1570. The second-order valence-electron chi connectivity index (χ2n) is 8.11. The molecule has 4 aromatic rings. The number of carbonyl (C=O) groups excluding carboxylic acids is 3. The van der Waals surface area contributed by atoms with E-state index >= 15 is 0 Å². The molecule has 7 nitrogen and oxygen atoms in total. The molecule has 8 heteroatoms. The topological polar surface area (TPSA) is 93.9 Å². The van der Waals surface area contributed by atoms with E-state index in [2.05, 4.69) is 0 Å². The van der Waals surface area contributed by atoms with Crippen LogP contribution < -0.4 is 10.3 Å². The average molecular weight is 471 g/mol. The minimum absolute atomic E-state index is 0.0153. The van der Waals surface area contributed by atoms with Crippen molar-refractivity contribution in [3.8, 4) is 0 Å². The van der Waals surface area contributed by atoms with Gasteiger partial charge in [-0.1, -0.05) is 12.1 Å². The van der Waals surface area contributed by atoms with Crippen LogP contribution in [0.15, 0.2) is 75.9 Å². The van der Waals surface area contributed by atoms with Crippen molar-refractivity contribution in [2.24, 2.45) is 0 Å². The van der Waals surface area contributed by atoms with Crippen LogP contribution in [0.4, 0.5) is 10.1 Å². The van der Waals surface area contributed by atoms with E-state index in [0.717, 1.165) is 12.1 Å². The van der Waals surface area contributed by atoms with Crippen LogP contribution in [0.2, 0.25) is 0 Å². The van der Waals surface area contributed by atoms with Crippen molar-refractivity contribution in [3.05, 3.63) is 111 Å². The quantitative estimate of drug-likeness (QED) is 0.317. The van der Waals surface area contributed by atoms with Crippen LogP contribution in [-0.4, -0.2) is 24.8 Å². The van der Waals surface area contributed by atoms with Gasteiger partial charge in [0.2, 0.25) is 5.76 Å². The van der Waals surface area contributed by atoms with Crippen LogP contribution in [0.3, 0.4) is 0 Å². The van der Waals surface area contributed by atoms with E-state index in [1.54, 1.807) is 36.4 Å². The number of fused-ring (bicyclic) bond motifs is 2. The molecule has 5 rings (SSSR count). The Balaban J connectivity index is 1.74. The summed E-state index contributed by atoms with van der Waals surface area (Å²) >= 11 is 0. The van der Waals surface area contributed by atoms with E-state index in [-0.39, 0.29) is 28.1 Å². The molecular formula is C27H18FNO6. The number of carbonyl (C=O) groups is 3. The molecule has 0 spiro atoms. The molecule has 174 valence electrons. The molecule has 3 aromatic carbocycles. The predicted octanol–water partition coefficient (Wildman–Crippen LogP) is 4.67. The number of anilines is 1. The van der Waals surface area contributed by atoms with Gasteiger partial charge in [0.1, 0.15) is 11.4 Å². The maximum atomic E-state index is 13.9. The van der Waals surface area contributed by atoms with E-state index in [1.165, 1.54) is 37.1 Å². The highest BCUT2D eigenvalue weighted by Crippen LogP contribution is 2.41. The molecule has 2 heterocycles. The Labute approximate surface area is 198 Å². The molecule has 0 aliphatic carbocycles. The van der Waals surface area contributed by atoms with Gasteiger partial charge in [-0.25, -0.2) is 9.18 Å². The van der Waals surface area contributed by atoms with Crippen LogP contribution in [0.1, 0.15) is 55.4 Å². The van der Waals surface area contributed by atoms with Crippen molar-refractivity contribution in [2.75, 3.05) is 12.0 Å². The van der Waals surface area contributed by atoms with Gasteiger partial charge in [-0.15, -0.1) is 0 Å². The number of methoxy groups -OCH3 is 1. The summed E-state index contributed by atoms with van der Waals surface area (Å²) in [6.07, 6.45) is 0. The molecule has 35 heavy (non-hydrogen) atoms. The minimum atomic E-state index is -0.906. The Hall–Kier alpha value is -4.59. The summed E-state index contributed by atoms with van der Waals surface area (Å²) in [4.78, 5) is 52.1. The molecule has 0 N–H and O–H groups in total. The van der Waals surface area contributed by atoms with Crippen LogP contribution in [-0.2, 0) is 4.74 Å². The molecule has 0 fully saturated rings. The van der Waals surface area contributed by atoms with Gasteiger partial charge in [0, 0.05) is 11.3 Å². The Morgan fingerprint density at radius 2 is 1.60 bits per heavy atom. The summed E-state index contributed by atoms with van der Waals surface area (Å²) in [7, 11) is 1.27. The number of hydrogen-bond donors (Lipinski definition) is 0. The van der Waals surface area contributed by atoms with Crippen molar-refractivity contribution in [1.29, 1.82) is 0 Å². The van der Waals surface area contributed by atoms with Gasteiger partial charge in [0.05, 0.1) is 29.7 Å². The zero-order valence-corrected chi connectivity index (χ0v) is 18.7. The third kappa shape index (κ3) is 3.59. The number of amides is 1. The summed E-state index contributed by atoms with van der Waals surface area (Å²) in [5, 5.41) is 0.0153. The molecular weight excluding hydrogens is 453 g/mol. The number of esters is 1. The molecule has 1 aliphatic heterocycles. The number of Topliss-reactive ketones (excluding diaryl/α,β-unsaturated/α-hetero) is 1. The number of benzene rings is 3. The second-order valence-corrected chi connectivity index (χ2v) is 8.11. The van der Waals surface area contributed by atoms with Crippen molar-refractivity contribution in [2.45, 2.75) is 13.0 Å². The van der Waals surface area contributed by atoms with Crippen molar-refractivity contribution < 1.29 is 27.9 Å². The molecule has 1 unspecified atom stereocenters. The number of nitrogens with zero attached hydrogens (tertiary/aromatic N) is 1. The van der Waals surface area contributed by atoms with E-state index in [4.69, 9.17) is 9.15 Å². The highest BCUT2D eigenvalue weighted by atomic mass is 19.1. The molecule has 1 aliphatic rings. The lowest BCUT2D eigenvalue weighted by Gasteiger charge is -2.25. The first-order chi connectivity index (χ1) is 16.8. The van der Waals surface area contributed by atoms with Gasteiger partial charge in [-0.2, -0.15) is 0 Å². The third-order valence-corrected chi connectivity index (χ3v) is 6.03. The van der Waals surface area contributed by atoms with Gasteiger partial charge in [-0.05, 0) is 67.1 Å². The second kappa shape index (κ2) is 8.32. The Morgan fingerprint density at radius 3 is 2.23 bits per heavy atom. The largest absolute Gasteiger partial charge is 0.465 e. The first kappa shape index (κ1) is 22.2. The summed E-state index contributed by atoms with van der Waals surface area (Å²) in [6.45, 7) is 1.44. The summed E-state index contributed by atoms with van der Waals surface area (Å²) in [5.41, 5.74) is 1.36. The standard InChI is InChI=1S/C27H18FNO6/c1-14(30)15-7-10-19(11-8-15)29-23(16-3-5-17(6-4-16)27(33)34-2)22-24(31)20-13-18(28)9-12-21(20)35-25(22)26(29)32/h3-13,23H,1-2H3. The van der Waals surface area contributed by atoms with E-state index in [9.17, 15) is 23.6 Å². The normalized spacial score (nSPS) is 14.8. The summed E-state index contributed by atoms with van der Waals surface area (Å²) < 4.78 is 24.5. The monoisotopic (exact) mass is 471 g/mol. The van der Waals surface area contributed by atoms with Crippen LogP contribution >= 0.6 is 0 Å². The number of ether oxygens (including phenoxy) is 1. The number of hydrogen-bond acceptors (Lipinski definition) is 6. The minimum Gasteiger partial charge on any atom is -0.465 e. The number of rotatable bonds is 4. The van der Waals surface area contributed by atoms with Gasteiger partial charge < -0.3 is 9.15 Å². The molecule has 1 amide bonds. The molecule has 0 bridgehead atoms. The maximum absolute atomic E-state index is 13.9. The van der Waals surface area contributed by atoms with Crippen molar-refractivity contribution in [1.82, 2.24) is 0 Å². The molecule has 1 aromatic heterocycles. The van der Waals surface area contributed by atoms with E-state index < -0.39 is 29.2 Å². The van der Waals surface area contributed by atoms with Crippen LogP contribution in [0.5, 0.6) is 0 Å². The third-order valence-electron chi connectivity index (χ3n) is 6.03. The van der Waals surface area contributed by atoms with Crippen LogP contribution in [0.25, 0.3) is 11.0 Å². The lowest BCUT2D eigenvalue weighted by molar-refractivity contribution is 0.0600. The number of halogens is 1. The van der Waals surface area contributed by atoms with Gasteiger partial charge in [0.25, 0.3) is 5.91 Å². The fourth-order valence-corrected chi connectivity index (χ4v) is 4.30. The van der Waals surface area contributed by atoms with E-state index in [0.29, 0.717) is 22.4 Å². The zero-order valence-electron chi connectivity index (χ0n) is 18.7. The lowest BCUT2D eigenvalue weighted by atomic mass is 9.97. The Kier molecular flexibility index (Phi) is 5.28. The smallest absolute Gasteiger partial charge is 0.337 e. The van der Waals surface area contributed by atoms with Gasteiger partial charge in [-0.3, -0.25) is 19.3 Å². The predicted molar refractivity (Wildman–Crippen MR) is 125 cm³/mol. The van der Waals surface area contributed by atoms with Crippen LogP contribution in [0, 0.1) is 5.82 Å². The maximum Gasteiger partial charge on any atom is 0.337 e.